The van der Waals surface area contributed by atoms with Crippen LogP contribution in [-0.2, 0) is 4.74 Å². The van der Waals surface area contributed by atoms with Gasteiger partial charge in [0.15, 0.2) is 0 Å². The first-order chi connectivity index (χ1) is 8.30. The third kappa shape index (κ3) is 3.01. The molecule has 0 spiro atoms. The summed E-state index contributed by atoms with van der Waals surface area (Å²) >= 11 is 0. The van der Waals surface area contributed by atoms with Gasteiger partial charge in [0.05, 0.1) is 0 Å². The molecule has 0 aliphatic carbocycles. The van der Waals surface area contributed by atoms with Crippen molar-refractivity contribution in [1.29, 1.82) is 0 Å². The quantitative estimate of drug-likeness (QED) is 0.467. The predicted octanol–water partition coefficient (Wildman–Crippen LogP) is -1.67. The van der Waals surface area contributed by atoms with E-state index in [1.807, 2.05) is 0 Å². The average Bonchev–Trinajstić information content (AvgIpc) is 2.28. The number of aliphatic hydroxyl groups is 3. The second-order valence-electron chi connectivity index (χ2n) is 3.58. The van der Waals surface area contributed by atoms with E-state index >= 15 is 0 Å². The topological polar surface area (TPSA) is 131 Å². The van der Waals surface area contributed by atoms with E-state index in [2.05, 4.69) is 9.72 Å². The Kier molecular flexibility index (Phi) is 4.35. The normalized spacial score (nSPS) is 16.6. The summed E-state index contributed by atoms with van der Waals surface area (Å²) in [5, 5.41) is 26.2. The van der Waals surface area contributed by atoms with Crippen LogP contribution in [0.15, 0.2) is 17.1 Å². The number of nitrogens with zero attached hydrogens (tertiary/aromatic N) is 2. The summed E-state index contributed by atoms with van der Waals surface area (Å²) in [5.74, 6) is -3.11. The van der Waals surface area contributed by atoms with E-state index in [0.717, 1.165) is 4.57 Å². The number of aromatic nitrogens is 2. The molecule has 1 rings (SSSR count). The number of nitrogens with two attached hydrogens (primary N) is 1. The molecule has 9 heteroatoms. The summed E-state index contributed by atoms with van der Waals surface area (Å²) in [4.78, 5) is 14.8. The number of rotatable bonds is 5. The molecule has 1 aromatic heterocycles. The lowest BCUT2D eigenvalue weighted by molar-refractivity contribution is -0.310. The SMILES string of the molecule is C[C@@H](OC(F)(CO)C(O)O)n1ccc(N)nc1=O. The third-order valence-corrected chi connectivity index (χ3v) is 2.21. The Hall–Kier alpha value is -1.55. The van der Waals surface area contributed by atoms with Gasteiger partial charge in [-0.25, -0.2) is 9.18 Å². The molecular formula is C9H14FN3O5. The number of nitrogen functional groups attached to an aromatic ring is 1. The van der Waals surface area contributed by atoms with Gasteiger partial charge in [-0.2, -0.15) is 4.98 Å². The molecule has 5 N–H and O–H groups in total. The van der Waals surface area contributed by atoms with Crippen LogP contribution in [-0.4, -0.2) is 43.6 Å². The summed E-state index contributed by atoms with van der Waals surface area (Å²) in [7, 11) is 0. The number of ether oxygens (including phenoxy) is 1. The summed E-state index contributed by atoms with van der Waals surface area (Å²) in [6, 6.07) is 1.29. The van der Waals surface area contributed by atoms with Gasteiger partial charge in [-0.15, -0.1) is 0 Å². The largest absolute Gasteiger partial charge is 0.390 e. The van der Waals surface area contributed by atoms with E-state index in [4.69, 9.17) is 21.1 Å². The standard InChI is InChI=1S/C9H14FN3O5/c1-5(18-9(10,4-14)7(15)16)13-3-2-6(11)12-8(13)17/h2-3,5,7,14-16H,4H2,1H3,(H2,11,12,17)/t5-,9?/m1/s1. The van der Waals surface area contributed by atoms with Crippen LogP contribution < -0.4 is 11.4 Å². The van der Waals surface area contributed by atoms with Crippen molar-refractivity contribution in [2.24, 2.45) is 0 Å². The summed E-state index contributed by atoms with van der Waals surface area (Å²) < 4.78 is 19.2. The Morgan fingerprint density at radius 1 is 1.67 bits per heavy atom. The highest BCUT2D eigenvalue weighted by Crippen LogP contribution is 2.22. The van der Waals surface area contributed by atoms with Crippen LogP contribution in [0.3, 0.4) is 0 Å². The van der Waals surface area contributed by atoms with E-state index in [1.54, 1.807) is 0 Å². The molecule has 0 saturated heterocycles. The molecule has 1 heterocycles. The monoisotopic (exact) mass is 263 g/mol. The number of hydrogen-bond donors (Lipinski definition) is 4. The van der Waals surface area contributed by atoms with Gasteiger partial charge in [0.2, 0.25) is 6.29 Å². The third-order valence-electron chi connectivity index (χ3n) is 2.21. The highest BCUT2D eigenvalue weighted by Gasteiger charge is 2.40. The molecule has 1 aromatic rings. The first-order valence-electron chi connectivity index (χ1n) is 4.98. The van der Waals surface area contributed by atoms with Gasteiger partial charge < -0.3 is 25.8 Å². The molecule has 0 aliphatic rings. The minimum Gasteiger partial charge on any atom is -0.390 e. The van der Waals surface area contributed by atoms with Crippen molar-refractivity contribution in [3.05, 3.63) is 22.7 Å². The number of aliphatic hydroxyl groups excluding tert-OH is 2. The lowest BCUT2D eigenvalue weighted by Gasteiger charge is -2.28. The zero-order valence-corrected chi connectivity index (χ0v) is 9.52. The number of halogens is 1. The molecule has 0 aliphatic heterocycles. The Bertz CT molecular complexity index is 466. The van der Waals surface area contributed by atoms with Crippen molar-refractivity contribution in [1.82, 2.24) is 9.55 Å². The van der Waals surface area contributed by atoms with E-state index in [0.29, 0.717) is 0 Å². The second kappa shape index (κ2) is 5.40. The van der Waals surface area contributed by atoms with Crippen LogP contribution in [0.1, 0.15) is 13.2 Å². The number of anilines is 1. The fraction of sp³-hybridized carbons (Fsp3) is 0.556. The lowest BCUT2D eigenvalue weighted by Crippen LogP contribution is -2.46. The summed E-state index contributed by atoms with van der Waals surface area (Å²) in [6.07, 6.45) is -2.57. The Morgan fingerprint density at radius 3 is 2.72 bits per heavy atom. The van der Waals surface area contributed by atoms with E-state index < -0.39 is 30.7 Å². The van der Waals surface area contributed by atoms with Gasteiger partial charge in [-0.1, -0.05) is 0 Å². The molecule has 0 radical (unpaired) electrons. The minimum absolute atomic E-state index is 0.0145. The van der Waals surface area contributed by atoms with Crippen molar-refractivity contribution >= 4 is 5.82 Å². The van der Waals surface area contributed by atoms with Crippen LogP contribution in [0.25, 0.3) is 0 Å². The van der Waals surface area contributed by atoms with E-state index in [-0.39, 0.29) is 5.82 Å². The van der Waals surface area contributed by atoms with Gasteiger partial charge in [-0.05, 0) is 13.0 Å². The van der Waals surface area contributed by atoms with Gasteiger partial charge >= 0.3 is 5.69 Å². The molecule has 102 valence electrons. The Labute approximate surface area is 101 Å². The van der Waals surface area contributed by atoms with Crippen LogP contribution in [0, 0.1) is 0 Å². The first kappa shape index (κ1) is 14.5. The van der Waals surface area contributed by atoms with Gasteiger partial charge in [0.25, 0.3) is 5.85 Å². The maximum atomic E-state index is 13.7. The van der Waals surface area contributed by atoms with Crippen molar-refractivity contribution in [3.63, 3.8) is 0 Å². The van der Waals surface area contributed by atoms with Gasteiger partial charge in [0.1, 0.15) is 18.7 Å². The van der Waals surface area contributed by atoms with E-state index in [9.17, 15) is 9.18 Å². The predicted molar refractivity (Wildman–Crippen MR) is 57.9 cm³/mol. The van der Waals surface area contributed by atoms with Crippen LogP contribution >= 0.6 is 0 Å². The lowest BCUT2D eigenvalue weighted by atomic mass is 10.3. The zero-order chi connectivity index (χ0) is 13.9. The van der Waals surface area contributed by atoms with Crippen molar-refractivity contribution in [3.8, 4) is 0 Å². The number of hydrogen-bond acceptors (Lipinski definition) is 7. The van der Waals surface area contributed by atoms with Crippen molar-refractivity contribution < 1.29 is 24.4 Å². The highest BCUT2D eigenvalue weighted by atomic mass is 19.2. The maximum absolute atomic E-state index is 13.7. The van der Waals surface area contributed by atoms with Crippen molar-refractivity contribution in [2.45, 2.75) is 25.3 Å². The Morgan fingerprint density at radius 2 is 2.28 bits per heavy atom. The molecule has 0 amide bonds. The van der Waals surface area contributed by atoms with Crippen LogP contribution in [0.5, 0.6) is 0 Å². The molecule has 1 unspecified atom stereocenters. The fourth-order valence-corrected chi connectivity index (χ4v) is 1.22. The molecule has 8 nitrogen and oxygen atoms in total. The minimum atomic E-state index is -3.10. The smallest absolute Gasteiger partial charge is 0.351 e. The average molecular weight is 263 g/mol. The molecular weight excluding hydrogens is 249 g/mol. The molecule has 0 saturated carbocycles. The van der Waals surface area contributed by atoms with Gasteiger partial charge in [-0.3, -0.25) is 4.57 Å². The van der Waals surface area contributed by atoms with Gasteiger partial charge in [0, 0.05) is 6.20 Å². The Balaban J connectivity index is 2.94. The summed E-state index contributed by atoms with van der Waals surface area (Å²) in [6.45, 7) is -0.0161. The molecule has 0 bridgehead atoms. The number of alkyl halides is 1. The van der Waals surface area contributed by atoms with Crippen molar-refractivity contribution in [2.75, 3.05) is 12.3 Å². The first-order valence-corrected chi connectivity index (χ1v) is 4.98. The molecule has 0 aromatic carbocycles. The molecule has 18 heavy (non-hydrogen) atoms. The fourth-order valence-electron chi connectivity index (χ4n) is 1.22. The molecule has 2 atom stereocenters. The zero-order valence-electron chi connectivity index (χ0n) is 9.52. The van der Waals surface area contributed by atoms with Crippen LogP contribution in [0.4, 0.5) is 10.2 Å². The van der Waals surface area contributed by atoms with Crippen LogP contribution in [0.2, 0.25) is 0 Å². The van der Waals surface area contributed by atoms with E-state index in [1.165, 1.54) is 19.2 Å². The molecule has 0 fully saturated rings. The summed E-state index contributed by atoms with van der Waals surface area (Å²) in [5.41, 5.74) is 4.47. The highest BCUT2D eigenvalue weighted by molar-refractivity contribution is 5.23. The second-order valence-corrected chi connectivity index (χ2v) is 3.58. The maximum Gasteiger partial charge on any atom is 0.351 e.